The lowest BCUT2D eigenvalue weighted by molar-refractivity contribution is -0.147. The van der Waals surface area contributed by atoms with Gasteiger partial charge >= 0.3 is 5.97 Å². The molecule has 20 heavy (non-hydrogen) atoms. The lowest BCUT2D eigenvalue weighted by atomic mass is 9.83. The summed E-state index contributed by atoms with van der Waals surface area (Å²) in [4.78, 5) is 24.0. The number of nitrogens with zero attached hydrogens (tertiary/aromatic N) is 1. The van der Waals surface area contributed by atoms with Crippen molar-refractivity contribution >= 4 is 11.8 Å². The van der Waals surface area contributed by atoms with Crippen molar-refractivity contribution in [3.05, 3.63) is 11.9 Å². The highest BCUT2D eigenvalue weighted by atomic mass is 16.5. The van der Waals surface area contributed by atoms with E-state index in [2.05, 4.69) is 16.3 Å². The van der Waals surface area contributed by atoms with E-state index in [1.807, 2.05) is 20.2 Å². The van der Waals surface area contributed by atoms with Crippen molar-refractivity contribution in [2.24, 2.45) is 5.92 Å². The molecule has 0 spiro atoms. The first kappa shape index (κ1) is 14.8. The molecule has 2 aliphatic rings. The molecule has 2 heterocycles. The van der Waals surface area contributed by atoms with Gasteiger partial charge in [-0.2, -0.15) is 0 Å². The molecule has 0 saturated carbocycles. The Balaban J connectivity index is 2.13. The predicted molar refractivity (Wildman–Crippen MR) is 72.9 cm³/mol. The molecule has 0 aliphatic carbocycles. The second-order valence-corrected chi connectivity index (χ2v) is 5.26. The molecule has 7 nitrogen and oxygen atoms in total. The zero-order valence-electron chi connectivity index (χ0n) is 12.1. The van der Waals surface area contributed by atoms with Gasteiger partial charge in [0.05, 0.1) is 24.8 Å². The van der Waals surface area contributed by atoms with Gasteiger partial charge in [0, 0.05) is 31.6 Å². The van der Waals surface area contributed by atoms with Crippen molar-refractivity contribution in [3.63, 3.8) is 0 Å². The molecule has 0 aromatic carbocycles. The number of hydrazine groups is 2. The number of ketones is 1. The topological polar surface area (TPSA) is 82.7 Å². The van der Waals surface area contributed by atoms with E-state index in [1.54, 1.807) is 11.9 Å². The van der Waals surface area contributed by atoms with Crippen LogP contribution in [-0.4, -0.2) is 42.5 Å². The summed E-state index contributed by atoms with van der Waals surface area (Å²) in [7, 11) is 1.86. The summed E-state index contributed by atoms with van der Waals surface area (Å²) in [6.45, 7) is 4.07. The summed E-state index contributed by atoms with van der Waals surface area (Å²) < 4.78 is 4.97. The standard InChI is InChI=1S/C13H22N4O3/c1-4-20-12(19)6-9-11(18)5-8(2)14-13(9)10-7-17(3)16-15-10/h7-9,13-16H,4-6H2,1-3H3/t8-,9?,13-/m0/s1. The van der Waals surface area contributed by atoms with Crippen LogP contribution in [0.1, 0.15) is 26.7 Å². The van der Waals surface area contributed by atoms with E-state index < -0.39 is 5.92 Å². The molecule has 2 aliphatic heterocycles. The molecule has 2 rings (SSSR count). The van der Waals surface area contributed by atoms with E-state index in [-0.39, 0.29) is 30.3 Å². The lowest BCUT2D eigenvalue weighted by Crippen LogP contribution is -2.54. The SMILES string of the molecule is CCOC(=O)CC1C(=O)C[C@H](C)N[C@@H]1C1=CN(C)NN1. The van der Waals surface area contributed by atoms with Gasteiger partial charge in [0.2, 0.25) is 0 Å². The lowest BCUT2D eigenvalue weighted by Gasteiger charge is -2.35. The van der Waals surface area contributed by atoms with Crippen molar-refractivity contribution in [3.8, 4) is 0 Å². The molecule has 0 bridgehead atoms. The van der Waals surface area contributed by atoms with Crippen LogP contribution in [0.3, 0.4) is 0 Å². The second kappa shape index (κ2) is 6.23. The molecular formula is C13H22N4O3. The Morgan fingerprint density at radius 3 is 2.90 bits per heavy atom. The average molecular weight is 282 g/mol. The van der Waals surface area contributed by atoms with Gasteiger partial charge in [-0.05, 0) is 13.8 Å². The minimum Gasteiger partial charge on any atom is -0.466 e. The van der Waals surface area contributed by atoms with Crippen LogP contribution in [-0.2, 0) is 14.3 Å². The van der Waals surface area contributed by atoms with E-state index in [4.69, 9.17) is 4.74 Å². The number of piperidine rings is 1. The Morgan fingerprint density at radius 2 is 2.30 bits per heavy atom. The molecule has 3 atom stereocenters. The molecule has 112 valence electrons. The summed E-state index contributed by atoms with van der Waals surface area (Å²) >= 11 is 0. The molecule has 1 fully saturated rings. The number of nitrogens with one attached hydrogen (secondary N) is 3. The summed E-state index contributed by atoms with van der Waals surface area (Å²) in [6.07, 6.45) is 2.43. The monoisotopic (exact) mass is 282 g/mol. The zero-order valence-corrected chi connectivity index (χ0v) is 12.1. The minimum absolute atomic E-state index is 0.0968. The van der Waals surface area contributed by atoms with Crippen molar-refractivity contribution in [1.29, 1.82) is 0 Å². The Morgan fingerprint density at radius 1 is 1.55 bits per heavy atom. The van der Waals surface area contributed by atoms with E-state index in [0.717, 1.165) is 5.70 Å². The number of rotatable bonds is 4. The minimum atomic E-state index is -0.391. The number of hydrogen-bond acceptors (Lipinski definition) is 7. The maximum atomic E-state index is 12.3. The molecule has 0 radical (unpaired) electrons. The average Bonchev–Trinajstić information content (AvgIpc) is 2.79. The van der Waals surface area contributed by atoms with Gasteiger partial charge in [0.25, 0.3) is 0 Å². The summed E-state index contributed by atoms with van der Waals surface area (Å²) in [5.74, 6) is -0.615. The normalized spacial score (nSPS) is 29.9. The third kappa shape index (κ3) is 3.29. The molecule has 0 aromatic heterocycles. The first-order chi connectivity index (χ1) is 9.51. The number of carbonyl (C=O) groups excluding carboxylic acids is 2. The zero-order chi connectivity index (χ0) is 14.7. The van der Waals surface area contributed by atoms with Crippen LogP contribution in [0.25, 0.3) is 0 Å². The van der Waals surface area contributed by atoms with Gasteiger partial charge in [-0.3, -0.25) is 14.6 Å². The van der Waals surface area contributed by atoms with Crippen LogP contribution in [0.4, 0.5) is 0 Å². The van der Waals surface area contributed by atoms with Gasteiger partial charge in [0.15, 0.2) is 0 Å². The van der Waals surface area contributed by atoms with E-state index in [1.165, 1.54) is 0 Å². The van der Waals surface area contributed by atoms with Gasteiger partial charge < -0.3 is 15.5 Å². The number of ether oxygens (including phenoxy) is 1. The molecule has 7 heteroatoms. The van der Waals surface area contributed by atoms with E-state index in [9.17, 15) is 9.59 Å². The fraction of sp³-hybridized carbons (Fsp3) is 0.692. The molecule has 0 aromatic rings. The van der Waals surface area contributed by atoms with Crippen molar-refractivity contribution in [2.75, 3.05) is 13.7 Å². The number of hydrogen-bond donors (Lipinski definition) is 3. The molecule has 1 saturated heterocycles. The van der Waals surface area contributed by atoms with Crippen molar-refractivity contribution in [1.82, 2.24) is 21.3 Å². The van der Waals surface area contributed by atoms with Crippen LogP contribution in [0.5, 0.6) is 0 Å². The van der Waals surface area contributed by atoms with Crippen LogP contribution in [0.15, 0.2) is 11.9 Å². The first-order valence-electron chi connectivity index (χ1n) is 6.91. The van der Waals surface area contributed by atoms with Crippen LogP contribution < -0.4 is 16.3 Å². The summed E-state index contributed by atoms with van der Waals surface area (Å²) in [5, 5.41) is 5.15. The summed E-state index contributed by atoms with van der Waals surface area (Å²) in [6, 6.07) is -0.104. The number of Topliss-reactive ketones (excluding diaryl/α,β-unsaturated/α-hetero) is 1. The Hall–Kier alpha value is -1.60. The fourth-order valence-corrected chi connectivity index (χ4v) is 2.64. The second-order valence-electron chi connectivity index (χ2n) is 5.26. The smallest absolute Gasteiger partial charge is 0.306 e. The van der Waals surface area contributed by atoms with Gasteiger partial charge in [-0.25, -0.2) is 0 Å². The quantitative estimate of drug-likeness (QED) is 0.609. The Bertz CT molecular complexity index is 424. The van der Waals surface area contributed by atoms with Gasteiger partial charge in [0.1, 0.15) is 5.78 Å². The molecule has 0 amide bonds. The third-order valence-corrected chi connectivity index (χ3v) is 3.52. The first-order valence-corrected chi connectivity index (χ1v) is 6.91. The highest BCUT2D eigenvalue weighted by molar-refractivity contribution is 5.87. The Labute approximate surface area is 118 Å². The highest BCUT2D eigenvalue weighted by Gasteiger charge is 2.39. The van der Waals surface area contributed by atoms with Crippen molar-refractivity contribution in [2.45, 2.75) is 38.8 Å². The van der Waals surface area contributed by atoms with Crippen LogP contribution in [0, 0.1) is 5.92 Å². The maximum Gasteiger partial charge on any atom is 0.306 e. The Kier molecular flexibility index (Phi) is 4.61. The highest BCUT2D eigenvalue weighted by Crippen LogP contribution is 2.25. The molecule has 3 N–H and O–H groups in total. The maximum absolute atomic E-state index is 12.3. The fourth-order valence-electron chi connectivity index (χ4n) is 2.64. The van der Waals surface area contributed by atoms with Crippen LogP contribution >= 0.6 is 0 Å². The van der Waals surface area contributed by atoms with Gasteiger partial charge in [-0.15, -0.1) is 5.53 Å². The molecular weight excluding hydrogens is 260 g/mol. The largest absolute Gasteiger partial charge is 0.466 e. The summed E-state index contributed by atoms with van der Waals surface area (Å²) in [5.41, 5.74) is 6.80. The number of carbonyl (C=O) groups is 2. The van der Waals surface area contributed by atoms with E-state index in [0.29, 0.717) is 13.0 Å². The molecule has 1 unspecified atom stereocenters. The van der Waals surface area contributed by atoms with E-state index >= 15 is 0 Å². The van der Waals surface area contributed by atoms with Crippen molar-refractivity contribution < 1.29 is 14.3 Å². The third-order valence-electron chi connectivity index (χ3n) is 3.52. The van der Waals surface area contributed by atoms with Gasteiger partial charge in [-0.1, -0.05) is 0 Å². The van der Waals surface area contributed by atoms with Crippen LogP contribution in [0.2, 0.25) is 0 Å². The number of esters is 1. The predicted octanol–water partition coefficient (Wildman–Crippen LogP) is -0.329.